The van der Waals surface area contributed by atoms with Crippen molar-refractivity contribution < 1.29 is 14.6 Å². The van der Waals surface area contributed by atoms with Crippen LogP contribution in [0.5, 0.6) is 0 Å². The SMILES string of the molecule is CCOC(=O)[C@@H]1CC[C@@](O)(Cc2ccccn2)C[C@H]1c1ccccc1. The van der Waals surface area contributed by atoms with Crippen molar-refractivity contribution in [3.8, 4) is 0 Å². The van der Waals surface area contributed by atoms with Gasteiger partial charge >= 0.3 is 5.97 Å². The smallest absolute Gasteiger partial charge is 0.309 e. The van der Waals surface area contributed by atoms with E-state index in [1.807, 2.05) is 55.5 Å². The molecular formula is C21H25NO3. The maximum absolute atomic E-state index is 12.4. The average molecular weight is 339 g/mol. The number of hydrogen-bond acceptors (Lipinski definition) is 4. The number of aliphatic hydroxyl groups is 1. The quantitative estimate of drug-likeness (QED) is 0.847. The molecule has 0 bridgehead atoms. The lowest BCUT2D eigenvalue weighted by molar-refractivity contribution is -0.152. The fourth-order valence-electron chi connectivity index (χ4n) is 3.86. The van der Waals surface area contributed by atoms with Gasteiger partial charge in [-0.15, -0.1) is 0 Å². The summed E-state index contributed by atoms with van der Waals surface area (Å²) in [5.41, 5.74) is 1.11. The van der Waals surface area contributed by atoms with E-state index >= 15 is 0 Å². The Bertz CT molecular complexity index is 689. The molecule has 1 heterocycles. The molecule has 1 aromatic heterocycles. The predicted octanol–water partition coefficient (Wildman–Crippen LogP) is 3.50. The molecule has 3 rings (SSSR count). The molecule has 0 aliphatic heterocycles. The first-order valence-corrected chi connectivity index (χ1v) is 8.95. The summed E-state index contributed by atoms with van der Waals surface area (Å²) in [5.74, 6) is -0.398. The minimum Gasteiger partial charge on any atom is -0.466 e. The molecular weight excluding hydrogens is 314 g/mol. The van der Waals surface area contributed by atoms with E-state index in [9.17, 15) is 9.90 Å². The first kappa shape index (κ1) is 17.6. The van der Waals surface area contributed by atoms with Crippen molar-refractivity contribution in [3.63, 3.8) is 0 Å². The lowest BCUT2D eigenvalue weighted by Gasteiger charge is -2.40. The Kier molecular flexibility index (Phi) is 5.49. The van der Waals surface area contributed by atoms with Crippen LogP contribution in [0, 0.1) is 5.92 Å². The number of benzene rings is 1. The van der Waals surface area contributed by atoms with E-state index in [1.165, 1.54) is 0 Å². The molecule has 1 fully saturated rings. The van der Waals surface area contributed by atoms with E-state index < -0.39 is 5.60 Å². The van der Waals surface area contributed by atoms with Gasteiger partial charge in [-0.1, -0.05) is 36.4 Å². The predicted molar refractivity (Wildman–Crippen MR) is 96.0 cm³/mol. The fraction of sp³-hybridized carbons (Fsp3) is 0.429. The van der Waals surface area contributed by atoms with Crippen molar-refractivity contribution in [3.05, 3.63) is 66.0 Å². The number of carbonyl (C=O) groups excluding carboxylic acids is 1. The second-order valence-electron chi connectivity index (χ2n) is 6.84. The molecule has 3 atom stereocenters. The highest BCUT2D eigenvalue weighted by Crippen LogP contribution is 2.44. The number of ether oxygens (including phenoxy) is 1. The Morgan fingerprint density at radius 2 is 2.00 bits per heavy atom. The number of pyridine rings is 1. The molecule has 25 heavy (non-hydrogen) atoms. The van der Waals surface area contributed by atoms with Crippen LogP contribution in [0.2, 0.25) is 0 Å². The van der Waals surface area contributed by atoms with Gasteiger partial charge in [-0.25, -0.2) is 0 Å². The molecule has 0 amide bonds. The standard InChI is InChI=1S/C21H25NO3/c1-2-25-20(23)18-11-12-21(24,14-17-10-6-7-13-22-17)15-19(18)16-8-4-3-5-9-16/h3-10,13,18-19,24H,2,11-12,14-15H2,1H3/t18-,19+,21-/m1/s1. The third kappa shape index (κ3) is 4.26. The van der Waals surface area contributed by atoms with Crippen molar-refractivity contribution >= 4 is 5.97 Å². The van der Waals surface area contributed by atoms with Crippen LogP contribution in [0.1, 0.15) is 43.4 Å². The summed E-state index contributed by atoms with van der Waals surface area (Å²) in [6, 6.07) is 15.7. The zero-order valence-electron chi connectivity index (χ0n) is 14.6. The van der Waals surface area contributed by atoms with Crippen LogP contribution in [0.25, 0.3) is 0 Å². The van der Waals surface area contributed by atoms with Crippen molar-refractivity contribution in [2.45, 2.75) is 44.1 Å². The number of carbonyl (C=O) groups is 1. The maximum atomic E-state index is 12.4. The van der Waals surface area contributed by atoms with Gasteiger partial charge in [-0.05, 0) is 49.8 Å². The third-order valence-electron chi connectivity index (χ3n) is 5.06. The van der Waals surface area contributed by atoms with Gasteiger partial charge in [0.05, 0.1) is 18.1 Å². The minimum atomic E-state index is -0.849. The first-order chi connectivity index (χ1) is 12.1. The van der Waals surface area contributed by atoms with Crippen molar-refractivity contribution in [2.24, 2.45) is 5.92 Å². The Balaban J connectivity index is 1.84. The summed E-state index contributed by atoms with van der Waals surface area (Å²) in [6.45, 7) is 2.21. The van der Waals surface area contributed by atoms with Crippen LogP contribution < -0.4 is 0 Å². The first-order valence-electron chi connectivity index (χ1n) is 8.95. The van der Waals surface area contributed by atoms with Crippen LogP contribution in [-0.4, -0.2) is 28.3 Å². The molecule has 0 spiro atoms. The highest BCUT2D eigenvalue weighted by Gasteiger charge is 2.43. The Labute approximate surface area is 148 Å². The number of esters is 1. The van der Waals surface area contributed by atoms with E-state index in [2.05, 4.69) is 4.98 Å². The van der Waals surface area contributed by atoms with Gasteiger partial charge in [0.15, 0.2) is 0 Å². The summed E-state index contributed by atoms with van der Waals surface area (Å²) in [6.07, 6.45) is 4.00. The molecule has 0 radical (unpaired) electrons. The van der Waals surface area contributed by atoms with Crippen molar-refractivity contribution in [2.75, 3.05) is 6.61 Å². The topological polar surface area (TPSA) is 59.4 Å². The molecule has 4 nitrogen and oxygen atoms in total. The van der Waals surface area contributed by atoms with Gasteiger partial charge in [-0.3, -0.25) is 9.78 Å². The maximum Gasteiger partial charge on any atom is 0.309 e. The molecule has 1 saturated carbocycles. The number of nitrogens with zero attached hydrogens (tertiary/aromatic N) is 1. The van der Waals surface area contributed by atoms with Gasteiger partial charge in [-0.2, -0.15) is 0 Å². The molecule has 0 unspecified atom stereocenters. The molecule has 132 valence electrons. The van der Waals surface area contributed by atoms with Crippen molar-refractivity contribution in [1.82, 2.24) is 4.98 Å². The van der Waals surface area contributed by atoms with Crippen LogP contribution >= 0.6 is 0 Å². The summed E-state index contributed by atoms with van der Waals surface area (Å²) in [5, 5.41) is 11.2. The van der Waals surface area contributed by atoms with Gasteiger partial charge < -0.3 is 9.84 Å². The van der Waals surface area contributed by atoms with Gasteiger partial charge in [0.2, 0.25) is 0 Å². The van der Waals surface area contributed by atoms with Gasteiger partial charge in [0, 0.05) is 18.3 Å². The summed E-state index contributed by atoms with van der Waals surface area (Å²) in [4.78, 5) is 16.8. The monoisotopic (exact) mass is 339 g/mol. The summed E-state index contributed by atoms with van der Waals surface area (Å²) >= 11 is 0. The van der Waals surface area contributed by atoms with E-state index in [4.69, 9.17) is 4.74 Å². The normalized spacial score (nSPS) is 26.2. The lowest BCUT2D eigenvalue weighted by Crippen LogP contribution is -2.42. The fourth-order valence-corrected chi connectivity index (χ4v) is 3.86. The highest BCUT2D eigenvalue weighted by molar-refractivity contribution is 5.74. The summed E-state index contributed by atoms with van der Waals surface area (Å²) in [7, 11) is 0. The Hall–Kier alpha value is -2.20. The number of hydrogen-bond donors (Lipinski definition) is 1. The van der Waals surface area contributed by atoms with Crippen LogP contribution in [0.3, 0.4) is 0 Å². The molecule has 4 heteroatoms. The van der Waals surface area contributed by atoms with Crippen molar-refractivity contribution in [1.29, 1.82) is 0 Å². The van der Waals surface area contributed by atoms with Gasteiger partial charge in [0.25, 0.3) is 0 Å². The lowest BCUT2D eigenvalue weighted by atomic mass is 9.67. The summed E-state index contributed by atoms with van der Waals surface area (Å²) < 4.78 is 5.29. The molecule has 1 aromatic carbocycles. The highest BCUT2D eigenvalue weighted by atomic mass is 16.5. The van der Waals surface area contributed by atoms with Crippen LogP contribution in [0.15, 0.2) is 54.7 Å². The largest absolute Gasteiger partial charge is 0.466 e. The van der Waals surface area contributed by atoms with E-state index in [1.54, 1.807) is 6.20 Å². The number of aromatic nitrogens is 1. The molecule has 1 aliphatic rings. The van der Waals surface area contributed by atoms with E-state index in [0.717, 1.165) is 11.3 Å². The second-order valence-corrected chi connectivity index (χ2v) is 6.84. The molecule has 2 aromatic rings. The van der Waals surface area contributed by atoms with Crippen LogP contribution in [0.4, 0.5) is 0 Å². The zero-order valence-corrected chi connectivity index (χ0v) is 14.6. The second kappa shape index (κ2) is 7.79. The van der Waals surface area contributed by atoms with E-state index in [0.29, 0.717) is 32.3 Å². The average Bonchev–Trinajstić information content (AvgIpc) is 2.63. The molecule has 1 aliphatic carbocycles. The van der Waals surface area contributed by atoms with Crippen LogP contribution in [-0.2, 0) is 16.0 Å². The Morgan fingerprint density at radius 3 is 2.68 bits per heavy atom. The number of rotatable bonds is 5. The Morgan fingerprint density at radius 1 is 1.24 bits per heavy atom. The van der Waals surface area contributed by atoms with Gasteiger partial charge in [0.1, 0.15) is 0 Å². The zero-order chi connectivity index (χ0) is 17.7. The van der Waals surface area contributed by atoms with E-state index in [-0.39, 0.29) is 17.8 Å². The molecule has 0 saturated heterocycles. The minimum absolute atomic E-state index is 0.0392. The third-order valence-corrected chi connectivity index (χ3v) is 5.06. The molecule has 1 N–H and O–H groups in total.